The molecule has 1 amide bonds. The fraction of sp³-hybridized carbons (Fsp3) is 0.182. The first-order chi connectivity index (χ1) is 14.9. The molecule has 1 aromatic heterocycles. The van der Waals surface area contributed by atoms with E-state index in [2.05, 4.69) is 15.3 Å². The molecule has 9 heteroatoms. The molecule has 0 saturated carbocycles. The fourth-order valence-corrected chi connectivity index (χ4v) is 4.29. The van der Waals surface area contributed by atoms with E-state index in [-0.39, 0.29) is 15.6 Å². The second kappa shape index (κ2) is 8.42. The largest absolute Gasteiger partial charge is 0.343 e. The van der Waals surface area contributed by atoms with E-state index >= 15 is 0 Å². The van der Waals surface area contributed by atoms with Gasteiger partial charge in [-0.3, -0.25) is 9.78 Å². The number of pyridine rings is 1. The number of hydrogen-bond acceptors (Lipinski definition) is 4. The number of anilines is 2. The summed E-state index contributed by atoms with van der Waals surface area (Å²) in [5.74, 6) is 0.162. The first-order valence-electron chi connectivity index (χ1n) is 9.51. The Morgan fingerprint density at radius 1 is 1.19 bits per heavy atom. The molecule has 2 aromatic carbocycles. The highest BCUT2D eigenvalue weighted by molar-refractivity contribution is 6.40. The number of aliphatic imine (C=N–C) groups is 1. The summed E-state index contributed by atoms with van der Waals surface area (Å²) in [4.78, 5) is 25.4. The second-order valence-corrected chi connectivity index (χ2v) is 7.94. The van der Waals surface area contributed by atoms with Gasteiger partial charge >= 0.3 is 0 Å². The van der Waals surface area contributed by atoms with Gasteiger partial charge in [-0.1, -0.05) is 41.4 Å². The van der Waals surface area contributed by atoms with Gasteiger partial charge in [-0.2, -0.15) is 5.26 Å². The molecular weight excluding hydrogens is 435 g/mol. The standard InChI is InChI=1S/C22H18Cl2N6O/c1-13-11-26-19-14(20(13)30-10-9-29(2)22(30)27-12-25)5-3-8-17(19)28-21(31)18-15(23)6-4-7-16(18)24/h3-8,11H,9-10H2,1-2H3,(H,28,31). The molecule has 1 N–H and O–H groups in total. The zero-order chi connectivity index (χ0) is 22.1. The molecule has 1 saturated heterocycles. The first-order valence-corrected chi connectivity index (χ1v) is 10.3. The maximum atomic E-state index is 12.9. The van der Waals surface area contributed by atoms with Gasteiger partial charge in [0.2, 0.25) is 12.2 Å². The molecule has 0 aliphatic carbocycles. The predicted octanol–water partition coefficient (Wildman–Crippen LogP) is 4.69. The van der Waals surface area contributed by atoms with Crippen molar-refractivity contribution in [2.24, 2.45) is 4.99 Å². The number of halogens is 2. The van der Waals surface area contributed by atoms with E-state index in [0.29, 0.717) is 23.7 Å². The van der Waals surface area contributed by atoms with Gasteiger partial charge < -0.3 is 15.1 Å². The molecule has 0 radical (unpaired) electrons. The number of nitrogens with one attached hydrogen (secondary N) is 1. The molecule has 0 spiro atoms. The van der Waals surface area contributed by atoms with Gasteiger partial charge in [0.25, 0.3) is 5.91 Å². The molecule has 0 bridgehead atoms. The lowest BCUT2D eigenvalue weighted by atomic mass is 10.1. The summed E-state index contributed by atoms with van der Waals surface area (Å²) in [7, 11) is 1.90. The van der Waals surface area contributed by atoms with Gasteiger partial charge in [0.05, 0.1) is 32.5 Å². The van der Waals surface area contributed by atoms with Crippen LogP contribution >= 0.6 is 23.2 Å². The number of aryl methyl sites for hydroxylation is 1. The van der Waals surface area contributed by atoms with Crippen molar-refractivity contribution in [3.05, 3.63) is 63.8 Å². The maximum Gasteiger partial charge on any atom is 0.258 e. The number of fused-ring (bicyclic) bond motifs is 1. The molecule has 4 rings (SSSR count). The van der Waals surface area contributed by atoms with Gasteiger partial charge in [-0.15, -0.1) is 4.99 Å². The van der Waals surface area contributed by atoms with Gasteiger partial charge in [0.1, 0.15) is 0 Å². The minimum absolute atomic E-state index is 0.208. The highest BCUT2D eigenvalue weighted by Crippen LogP contribution is 2.35. The summed E-state index contributed by atoms with van der Waals surface area (Å²) in [5, 5.41) is 13.4. The highest BCUT2D eigenvalue weighted by Gasteiger charge is 2.28. The average molecular weight is 453 g/mol. The van der Waals surface area contributed by atoms with Gasteiger partial charge in [0, 0.05) is 31.7 Å². The number of aromatic nitrogens is 1. The third kappa shape index (κ3) is 3.76. The number of carbonyl (C=O) groups is 1. The van der Waals surface area contributed by atoms with Crippen molar-refractivity contribution < 1.29 is 4.79 Å². The number of hydrogen-bond donors (Lipinski definition) is 1. The van der Waals surface area contributed by atoms with Crippen molar-refractivity contribution in [3.63, 3.8) is 0 Å². The Morgan fingerprint density at radius 2 is 1.90 bits per heavy atom. The Bertz CT molecular complexity index is 1250. The average Bonchev–Trinajstić information content (AvgIpc) is 3.08. The number of likely N-dealkylation sites (N-methyl/N-ethyl adjacent to an activating group) is 1. The summed E-state index contributed by atoms with van der Waals surface area (Å²) in [6.07, 6.45) is 3.63. The lowest BCUT2D eigenvalue weighted by molar-refractivity contribution is 0.102. The molecule has 1 fully saturated rings. The van der Waals surface area contributed by atoms with Crippen molar-refractivity contribution in [1.29, 1.82) is 5.26 Å². The molecule has 3 aromatic rings. The van der Waals surface area contributed by atoms with Crippen LogP contribution in [0.25, 0.3) is 10.9 Å². The van der Waals surface area contributed by atoms with Crippen LogP contribution in [0.3, 0.4) is 0 Å². The van der Waals surface area contributed by atoms with Crippen LogP contribution in [0.1, 0.15) is 15.9 Å². The van der Waals surface area contributed by atoms with Gasteiger partial charge in [-0.05, 0) is 30.7 Å². The first kappa shape index (κ1) is 20.9. The van der Waals surface area contributed by atoms with Crippen molar-refractivity contribution in [2.75, 3.05) is 30.4 Å². The maximum absolute atomic E-state index is 12.9. The summed E-state index contributed by atoms with van der Waals surface area (Å²) < 4.78 is 0. The molecule has 31 heavy (non-hydrogen) atoms. The van der Waals surface area contributed by atoms with Crippen LogP contribution < -0.4 is 10.2 Å². The molecule has 1 aliphatic rings. The smallest absolute Gasteiger partial charge is 0.258 e. The van der Waals surface area contributed by atoms with Gasteiger partial charge in [0.15, 0.2) is 0 Å². The lowest BCUT2D eigenvalue weighted by Gasteiger charge is -2.23. The Labute approximate surface area is 189 Å². The summed E-state index contributed by atoms with van der Waals surface area (Å²) in [6.45, 7) is 3.38. The van der Waals surface area contributed by atoms with Crippen LogP contribution in [-0.4, -0.2) is 41.9 Å². The van der Waals surface area contributed by atoms with E-state index in [1.54, 1.807) is 30.5 Å². The number of guanidine groups is 1. The number of amides is 1. The van der Waals surface area contributed by atoms with E-state index in [4.69, 9.17) is 28.5 Å². The molecule has 0 unspecified atom stereocenters. The molecule has 0 atom stereocenters. The third-order valence-electron chi connectivity index (χ3n) is 5.15. The van der Waals surface area contributed by atoms with E-state index in [0.717, 1.165) is 23.2 Å². The van der Waals surface area contributed by atoms with E-state index in [1.165, 1.54) is 0 Å². The van der Waals surface area contributed by atoms with E-state index in [1.807, 2.05) is 42.1 Å². The summed E-state index contributed by atoms with van der Waals surface area (Å²) >= 11 is 12.4. The topological polar surface area (TPSA) is 84.6 Å². The van der Waals surface area contributed by atoms with Gasteiger partial charge in [-0.25, -0.2) is 0 Å². The molecule has 7 nitrogen and oxygen atoms in total. The van der Waals surface area contributed by atoms with Crippen molar-refractivity contribution in [3.8, 4) is 6.19 Å². The molecule has 1 aliphatic heterocycles. The number of rotatable bonds is 3. The van der Waals surface area contributed by atoms with Crippen LogP contribution in [0.15, 0.2) is 47.6 Å². The Hall–Kier alpha value is -3.34. The highest BCUT2D eigenvalue weighted by atomic mass is 35.5. The molecule has 156 valence electrons. The van der Waals surface area contributed by atoms with Crippen molar-refractivity contribution in [2.45, 2.75) is 6.92 Å². The molecule has 2 heterocycles. The fourth-order valence-electron chi connectivity index (χ4n) is 3.73. The number of para-hydroxylation sites is 1. The SMILES string of the molecule is Cc1cnc2c(NC(=O)c3c(Cl)cccc3Cl)cccc2c1N1CCN(C)C1=NC#N. The zero-order valence-electron chi connectivity index (χ0n) is 16.9. The lowest BCUT2D eigenvalue weighted by Crippen LogP contribution is -2.31. The number of nitriles is 1. The van der Waals surface area contributed by atoms with E-state index in [9.17, 15) is 4.79 Å². The zero-order valence-corrected chi connectivity index (χ0v) is 18.4. The predicted molar refractivity (Wildman–Crippen MR) is 124 cm³/mol. The Balaban J connectivity index is 1.80. The third-order valence-corrected chi connectivity index (χ3v) is 5.78. The van der Waals surface area contributed by atoms with Crippen LogP contribution in [0.2, 0.25) is 10.0 Å². The van der Waals surface area contributed by atoms with Crippen molar-refractivity contribution in [1.82, 2.24) is 9.88 Å². The minimum atomic E-state index is -0.417. The normalized spacial score (nSPS) is 14.9. The monoisotopic (exact) mass is 452 g/mol. The van der Waals surface area contributed by atoms with Crippen LogP contribution in [0, 0.1) is 18.4 Å². The summed E-state index contributed by atoms with van der Waals surface area (Å²) in [6, 6.07) is 10.5. The Morgan fingerprint density at radius 3 is 2.61 bits per heavy atom. The minimum Gasteiger partial charge on any atom is -0.343 e. The number of nitrogens with zero attached hydrogens (tertiary/aromatic N) is 5. The molecular formula is C22H18Cl2N6O. The second-order valence-electron chi connectivity index (χ2n) is 7.13. The van der Waals surface area contributed by atoms with Crippen LogP contribution in [-0.2, 0) is 0 Å². The van der Waals surface area contributed by atoms with Crippen molar-refractivity contribution >= 4 is 57.3 Å². The number of carbonyl (C=O) groups excluding carboxylic acids is 1. The van der Waals surface area contributed by atoms with Crippen LogP contribution in [0.5, 0.6) is 0 Å². The van der Waals surface area contributed by atoms with E-state index < -0.39 is 5.91 Å². The summed E-state index contributed by atoms with van der Waals surface area (Å²) in [5.41, 5.74) is 3.19. The quantitative estimate of drug-likeness (QED) is 0.582. The van der Waals surface area contributed by atoms with Crippen LogP contribution in [0.4, 0.5) is 11.4 Å². The Kier molecular flexibility index (Phi) is 5.68. The number of benzene rings is 2.